The van der Waals surface area contributed by atoms with Gasteiger partial charge in [-0.05, 0) is 0 Å². The van der Waals surface area contributed by atoms with Gasteiger partial charge in [-0.2, -0.15) is 0 Å². The molecule has 0 aliphatic carbocycles. The van der Waals surface area contributed by atoms with E-state index in [1.807, 2.05) is 0 Å². The van der Waals surface area contributed by atoms with Crippen molar-refractivity contribution in [3.8, 4) is 0 Å². The Morgan fingerprint density at radius 1 is 0.500 bits per heavy atom. The Kier molecular flexibility index (Phi) is 90.6. The third-order valence-corrected chi connectivity index (χ3v) is 0. The first-order valence-electron chi connectivity index (χ1n) is 0. The number of hydrogen-bond donors (Lipinski definition) is 0. The first-order valence-corrected chi connectivity index (χ1v) is 0. The van der Waals surface area contributed by atoms with Crippen molar-refractivity contribution in [3.63, 3.8) is 0 Å². The molecular weight excluding hydrogens is 129 g/mol. The van der Waals surface area contributed by atoms with Gasteiger partial charge < -0.3 is 7.43 Å². The molecule has 0 radical (unpaired) electrons. The minimum Gasteiger partial charge on any atom is -0.358 e. The molecule has 0 saturated carbocycles. The van der Waals surface area contributed by atoms with Crippen LogP contribution in [0.15, 0.2) is 0 Å². The monoisotopic (exact) mass is 132 g/mol. The number of hydrogen-bond acceptors (Lipinski definition) is 0. The summed E-state index contributed by atoms with van der Waals surface area (Å²) in [6, 6.07) is 0. The summed E-state index contributed by atoms with van der Waals surface area (Å²) in [6.45, 7) is 0. The first-order chi connectivity index (χ1) is 0. The van der Waals surface area contributed by atoms with E-state index in [1.54, 1.807) is 0 Å². The number of rotatable bonds is 0. The zero-order valence-corrected chi connectivity index (χ0v) is 13.4. The second-order valence-electron chi connectivity index (χ2n) is 0. The summed E-state index contributed by atoms with van der Waals surface area (Å²) in [5, 5.41) is 0. The molecule has 8 valence electrons. The molecule has 0 rings (SSSR count). The van der Waals surface area contributed by atoms with Crippen LogP contribution < -0.4 is 154 Å². The minimum absolute atomic E-state index is 0. The van der Waals surface area contributed by atoms with Crippen molar-refractivity contribution in [2.75, 3.05) is 0 Å². The summed E-state index contributed by atoms with van der Waals surface area (Å²) in [5.41, 5.74) is 0. The fourth-order valence-electron chi connectivity index (χ4n) is 0. The molecule has 0 fully saturated rings. The molecule has 4 heavy (non-hydrogen) atoms. The predicted molar refractivity (Wildman–Crippen MR) is 6.41 cm³/mol. The summed E-state index contributed by atoms with van der Waals surface area (Å²) >= 11 is 0. The molecule has 0 nitrogen and oxygen atoms in total. The normalized spacial score (nSPS) is 0. The van der Waals surface area contributed by atoms with Gasteiger partial charge in [0.2, 0.25) is 0 Å². The molecule has 0 saturated heterocycles. The van der Waals surface area contributed by atoms with Gasteiger partial charge in [0.05, 0.1) is 0 Å². The standard InChI is InChI=1S/CH3.3K/h1H3;;;/q-1;3*+1. The molecule has 0 aliphatic rings. The van der Waals surface area contributed by atoms with E-state index >= 15 is 0 Å². The maximum Gasteiger partial charge on any atom is 1.00 e. The molecule has 0 aromatic heterocycles. The smallest absolute Gasteiger partial charge is 0.358 e. The second kappa shape index (κ2) is 15.7. The van der Waals surface area contributed by atoms with Crippen LogP contribution in [0.2, 0.25) is 0 Å². The van der Waals surface area contributed by atoms with Gasteiger partial charge in [-0.25, -0.2) is 0 Å². The maximum atomic E-state index is 0. The fourth-order valence-corrected chi connectivity index (χ4v) is 0. The predicted octanol–water partition coefficient (Wildman–Crippen LogP) is -8.54. The molecule has 0 aromatic carbocycles. The minimum atomic E-state index is 0. The van der Waals surface area contributed by atoms with E-state index in [1.165, 1.54) is 0 Å². The maximum absolute atomic E-state index is 0. The van der Waals surface area contributed by atoms with E-state index in [0.717, 1.165) is 0 Å². The Morgan fingerprint density at radius 3 is 0.500 bits per heavy atom. The van der Waals surface area contributed by atoms with E-state index in [2.05, 4.69) is 0 Å². The molecule has 0 aliphatic heterocycles. The van der Waals surface area contributed by atoms with Crippen molar-refractivity contribution in [1.29, 1.82) is 0 Å². The summed E-state index contributed by atoms with van der Waals surface area (Å²) in [6.07, 6.45) is 0. The largest absolute Gasteiger partial charge is 1.00 e. The summed E-state index contributed by atoms with van der Waals surface area (Å²) in [4.78, 5) is 0. The SMILES string of the molecule is [CH3-].[K+].[K+].[K+]. The zero-order chi connectivity index (χ0) is 0. The molecular formula is CH3K3+2. The molecule has 0 bridgehead atoms. The third kappa shape index (κ3) is 10.0. The van der Waals surface area contributed by atoms with Gasteiger partial charge in [-0.15, -0.1) is 0 Å². The van der Waals surface area contributed by atoms with Crippen LogP contribution in [0.3, 0.4) is 0 Å². The molecule has 0 N–H and O–H groups in total. The van der Waals surface area contributed by atoms with E-state index in [4.69, 9.17) is 0 Å². The van der Waals surface area contributed by atoms with Gasteiger partial charge in [-0.1, -0.05) is 0 Å². The summed E-state index contributed by atoms with van der Waals surface area (Å²) in [5.74, 6) is 0. The van der Waals surface area contributed by atoms with Crippen LogP contribution in [-0.2, 0) is 0 Å². The van der Waals surface area contributed by atoms with E-state index in [0.29, 0.717) is 0 Å². The van der Waals surface area contributed by atoms with Gasteiger partial charge in [0.15, 0.2) is 0 Å². The topological polar surface area (TPSA) is 0 Å². The molecule has 0 spiro atoms. The van der Waals surface area contributed by atoms with Crippen LogP contribution >= 0.6 is 0 Å². The quantitative estimate of drug-likeness (QED) is 0.227. The van der Waals surface area contributed by atoms with Gasteiger partial charge in [0.1, 0.15) is 0 Å². The van der Waals surface area contributed by atoms with Crippen LogP contribution in [0.1, 0.15) is 0 Å². The van der Waals surface area contributed by atoms with Crippen LogP contribution in [-0.4, -0.2) is 0 Å². The second-order valence-corrected chi connectivity index (χ2v) is 0. The van der Waals surface area contributed by atoms with Crippen molar-refractivity contribution in [3.05, 3.63) is 7.43 Å². The van der Waals surface area contributed by atoms with E-state index in [9.17, 15) is 0 Å². The summed E-state index contributed by atoms with van der Waals surface area (Å²) < 4.78 is 0. The average Bonchev–Trinajstić information content (AvgIpc) is 0. The first kappa shape index (κ1) is 23.1. The Labute approximate surface area is 156 Å². The van der Waals surface area contributed by atoms with Crippen LogP contribution in [0.4, 0.5) is 0 Å². The molecule has 0 atom stereocenters. The van der Waals surface area contributed by atoms with Crippen molar-refractivity contribution in [1.82, 2.24) is 0 Å². The Hall–Kier alpha value is 4.91. The van der Waals surface area contributed by atoms with Crippen molar-refractivity contribution in [2.24, 2.45) is 0 Å². The van der Waals surface area contributed by atoms with Gasteiger partial charge in [0, 0.05) is 0 Å². The zero-order valence-electron chi connectivity index (χ0n) is 4.00. The van der Waals surface area contributed by atoms with E-state index in [-0.39, 0.29) is 162 Å². The van der Waals surface area contributed by atoms with Crippen LogP contribution in [0.25, 0.3) is 0 Å². The Balaban J connectivity index is 0. The average molecular weight is 132 g/mol. The molecule has 0 unspecified atom stereocenters. The van der Waals surface area contributed by atoms with E-state index < -0.39 is 0 Å². The fraction of sp³-hybridized carbons (Fsp3) is 0. The van der Waals surface area contributed by atoms with Crippen molar-refractivity contribution in [2.45, 2.75) is 0 Å². The summed E-state index contributed by atoms with van der Waals surface area (Å²) in [7, 11) is 0. The molecule has 0 amide bonds. The molecule has 3 heteroatoms. The van der Waals surface area contributed by atoms with Gasteiger partial charge >= 0.3 is 154 Å². The van der Waals surface area contributed by atoms with Gasteiger partial charge in [0.25, 0.3) is 0 Å². The van der Waals surface area contributed by atoms with Crippen LogP contribution in [0, 0.1) is 7.43 Å². The Morgan fingerprint density at radius 2 is 0.500 bits per heavy atom. The van der Waals surface area contributed by atoms with Crippen LogP contribution in [0.5, 0.6) is 0 Å². The third-order valence-electron chi connectivity index (χ3n) is 0. The molecule has 0 aromatic rings. The van der Waals surface area contributed by atoms with Crippen molar-refractivity contribution < 1.29 is 154 Å². The van der Waals surface area contributed by atoms with Gasteiger partial charge in [-0.3, -0.25) is 0 Å². The Bertz CT molecular complexity index is 3.25. The molecule has 0 heterocycles. The van der Waals surface area contributed by atoms with Crippen molar-refractivity contribution >= 4 is 0 Å².